The fourth-order valence-corrected chi connectivity index (χ4v) is 8.48. The molecule has 0 atom stereocenters. The lowest BCUT2D eigenvalue weighted by Crippen LogP contribution is -2.14. The van der Waals surface area contributed by atoms with Gasteiger partial charge in [-0.05, 0) is 84.2 Å². The smallest absolute Gasteiger partial charge is 0.137 e. The molecule has 0 aliphatic heterocycles. The van der Waals surface area contributed by atoms with E-state index in [0.29, 0.717) is 0 Å². The highest BCUT2D eigenvalue weighted by atomic mass is 16.3. The van der Waals surface area contributed by atoms with Crippen molar-refractivity contribution in [1.29, 1.82) is 0 Å². The molecule has 9 aromatic carbocycles. The molecular formula is C52H35N3O. The molecule has 2 aromatic heterocycles. The molecule has 4 heteroatoms. The summed E-state index contributed by atoms with van der Waals surface area (Å²) in [7, 11) is 0. The Morgan fingerprint density at radius 2 is 0.875 bits per heavy atom. The molecule has 0 saturated carbocycles. The largest absolute Gasteiger partial charge is 0.456 e. The Hall–Kier alpha value is -7.56. The average Bonchev–Trinajstić information content (AvgIpc) is 3.81. The SMILES string of the molecule is c1ccc(N(c2ccccc2)c2cc(N(c3ccccc3)c3ccccc3)c3c4ccc5ccccc5c4n(-c4ccc5c(c4)oc4ccccc45)c3c2)cc1. The molecule has 0 amide bonds. The molecule has 0 bridgehead atoms. The number of fused-ring (bicyclic) bond motifs is 8. The van der Waals surface area contributed by atoms with Crippen LogP contribution in [0, 0.1) is 0 Å². The minimum absolute atomic E-state index is 0.862. The first-order valence-corrected chi connectivity index (χ1v) is 19.0. The van der Waals surface area contributed by atoms with Gasteiger partial charge in [-0.3, -0.25) is 0 Å². The second kappa shape index (κ2) is 13.1. The van der Waals surface area contributed by atoms with E-state index in [1.165, 1.54) is 16.2 Å². The van der Waals surface area contributed by atoms with Crippen LogP contribution in [0.25, 0.3) is 60.2 Å². The van der Waals surface area contributed by atoms with Crippen molar-refractivity contribution in [3.63, 3.8) is 0 Å². The third-order valence-electron chi connectivity index (χ3n) is 10.9. The average molecular weight is 718 g/mol. The Morgan fingerprint density at radius 1 is 0.357 bits per heavy atom. The van der Waals surface area contributed by atoms with Gasteiger partial charge in [-0.25, -0.2) is 0 Å². The fourth-order valence-electron chi connectivity index (χ4n) is 8.48. The van der Waals surface area contributed by atoms with Crippen molar-refractivity contribution in [2.24, 2.45) is 0 Å². The summed E-state index contributed by atoms with van der Waals surface area (Å²) in [6.45, 7) is 0. The summed E-state index contributed by atoms with van der Waals surface area (Å²) in [5, 5.41) is 6.94. The number of rotatable bonds is 7. The lowest BCUT2D eigenvalue weighted by Gasteiger charge is -2.30. The first kappa shape index (κ1) is 31.9. The van der Waals surface area contributed by atoms with Crippen LogP contribution in [-0.4, -0.2) is 4.57 Å². The van der Waals surface area contributed by atoms with Crippen LogP contribution in [-0.2, 0) is 0 Å². The monoisotopic (exact) mass is 717 g/mol. The maximum absolute atomic E-state index is 6.53. The lowest BCUT2D eigenvalue weighted by molar-refractivity contribution is 0.668. The Labute approximate surface area is 324 Å². The minimum atomic E-state index is 0.862. The highest BCUT2D eigenvalue weighted by Crippen LogP contribution is 2.49. The summed E-state index contributed by atoms with van der Waals surface area (Å²) in [4.78, 5) is 4.76. The van der Waals surface area contributed by atoms with E-state index in [4.69, 9.17) is 4.42 Å². The minimum Gasteiger partial charge on any atom is -0.456 e. The molecule has 0 saturated heterocycles. The molecular weight excluding hydrogens is 683 g/mol. The number of hydrogen-bond donors (Lipinski definition) is 0. The number of furan rings is 1. The molecule has 2 heterocycles. The van der Waals surface area contributed by atoms with E-state index in [2.05, 4.69) is 215 Å². The molecule has 11 rings (SSSR count). The summed E-state index contributed by atoms with van der Waals surface area (Å²) in [5.41, 5.74) is 11.5. The third-order valence-corrected chi connectivity index (χ3v) is 10.9. The zero-order chi connectivity index (χ0) is 37.0. The molecule has 0 aliphatic rings. The number of para-hydroxylation sites is 5. The van der Waals surface area contributed by atoms with E-state index in [1.807, 2.05) is 12.1 Å². The van der Waals surface area contributed by atoms with Crippen LogP contribution >= 0.6 is 0 Å². The molecule has 264 valence electrons. The van der Waals surface area contributed by atoms with Crippen LogP contribution in [0.2, 0.25) is 0 Å². The van der Waals surface area contributed by atoms with Crippen molar-refractivity contribution in [2.75, 3.05) is 9.80 Å². The van der Waals surface area contributed by atoms with Crippen LogP contribution in [0.15, 0.2) is 217 Å². The van der Waals surface area contributed by atoms with E-state index in [1.54, 1.807) is 0 Å². The van der Waals surface area contributed by atoms with Gasteiger partial charge in [0.1, 0.15) is 11.2 Å². The number of nitrogens with zero attached hydrogens (tertiary/aromatic N) is 3. The summed E-state index contributed by atoms with van der Waals surface area (Å²) in [6.07, 6.45) is 0. The van der Waals surface area contributed by atoms with Gasteiger partial charge in [0.05, 0.1) is 22.4 Å². The molecule has 0 aliphatic carbocycles. The van der Waals surface area contributed by atoms with Crippen LogP contribution in [0.4, 0.5) is 34.1 Å². The van der Waals surface area contributed by atoms with Crippen molar-refractivity contribution in [3.8, 4) is 5.69 Å². The van der Waals surface area contributed by atoms with Crippen molar-refractivity contribution >= 4 is 88.6 Å². The van der Waals surface area contributed by atoms with E-state index in [0.717, 1.165) is 78.2 Å². The summed E-state index contributed by atoms with van der Waals surface area (Å²) in [6, 6.07) is 75.7. The van der Waals surface area contributed by atoms with Gasteiger partial charge in [-0.15, -0.1) is 0 Å². The molecule has 0 N–H and O–H groups in total. The van der Waals surface area contributed by atoms with Crippen LogP contribution in [0.1, 0.15) is 0 Å². The number of benzene rings is 9. The highest BCUT2D eigenvalue weighted by Gasteiger charge is 2.26. The first-order chi connectivity index (χ1) is 27.8. The van der Waals surface area contributed by atoms with Crippen molar-refractivity contribution < 1.29 is 4.42 Å². The summed E-state index contributed by atoms with van der Waals surface area (Å²) >= 11 is 0. The summed E-state index contributed by atoms with van der Waals surface area (Å²) in [5.74, 6) is 0. The maximum atomic E-state index is 6.53. The number of aromatic nitrogens is 1. The Bertz CT molecular complexity index is 3110. The molecule has 4 nitrogen and oxygen atoms in total. The van der Waals surface area contributed by atoms with Crippen molar-refractivity contribution in [2.45, 2.75) is 0 Å². The Balaban J connectivity index is 1.32. The van der Waals surface area contributed by atoms with Gasteiger partial charge in [-0.1, -0.05) is 127 Å². The van der Waals surface area contributed by atoms with Gasteiger partial charge < -0.3 is 18.8 Å². The van der Waals surface area contributed by atoms with Gasteiger partial charge in [0.2, 0.25) is 0 Å². The molecule has 11 aromatic rings. The Kier molecular flexibility index (Phi) is 7.46. The van der Waals surface area contributed by atoms with Gasteiger partial charge >= 0.3 is 0 Å². The predicted molar refractivity (Wildman–Crippen MR) is 235 cm³/mol. The quantitative estimate of drug-likeness (QED) is 0.164. The topological polar surface area (TPSA) is 24.6 Å². The van der Waals surface area contributed by atoms with Crippen molar-refractivity contribution in [1.82, 2.24) is 4.57 Å². The second-order valence-corrected chi connectivity index (χ2v) is 14.2. The summed E-state index contributed by atoms with van der Waals surface area (Å²) < 4.78 is 8.98. The molecule has 0 fully saturated rings. The zero-order valence-electron chi connectivity index (χ0n) is 30.5. The first-order valence-electron chi connectivity index (χ1n) is 19.0. The van der Waals surface area contributed by atoms with E-state index < -0.39 is 0 Å². The normalized spacial score (nSPS) is 11.6. The number of hydrogen-bond acceptors (Lipinski definition) is 3. The van der Waals surface area contributed by atoms with Gasteiger partial charge in [-0.2, -0.15) is 0 Å². The van der Waals surface area contributed by atoms with Gasteiger partial charge in [0.15, 0.2) is 0 Å². The molecule has 0 unspecified atom stereocenters. The van der Waals surface area contributed by atoms with E-state index in [-0.39, 0.29) is 0 Å². The van der Waals surface area contributed by atoms with Crippen LogP contribution in [0.3, 0.4) is 0 Å². The standard InChI is InChI=1S/C52H35N3O/c1-5-18-37(19-6-1)53(38-20-7-2-8-21-38)42-33-47(54(39-22-9-3-10-23-39)40-24-11-4-12-25-40)51-46-31-29-36-17-13-14-26-43(36)52(46)55(48(51)34-42)41-30-32-45-44-27-15-16-28-49(44)56-50(45)35-41/h1-35H. The van der Waals surface area contributed by atoms with Gasteiger partial charge in [0, 0.05) is 61.4 Å². The Morgan fingerprint density at radius 3 is 1.52 bits per heavy atom. The fraction of sp³-hybridized carbons (Fsp3) is 0. The zero-order valence-corrected chi connectivity index (χ0v) is 30.5. The highest BCUT2D eigenvalue weighted by molar-refractivity contribution is 6.24. The number of anilines is 6. The molecule has 0 radical (unpaired) electrons. The van der Waals surface area contributed by atoms with E-state index in [9.17, 15) is 0 Å². The van der Waals surface area contributed by atoms with E-state index >= 15 is 0 Å². The third kappa shape index (κ3) is 5.15. The van der Waals surface area contributed by atoms with Crippen molar-refractivity contribution in [3.05, 3.63) is 212 Å². The lowest BCUT2D eigenvalue weighted by atomic mass is 10.0. The molecule has 56 heavy (non-hydrogen) atoms. The van der Waals surface area contributed by atoms with Gasteiger partial charge in [0.25, 0.3) is 0 Å². The second-order valence-electron chi connectivity index (χ2n) is 14.2. The van der Waals surface area contributed by atoms with Crippen LogP contribution < -0.4 is 9.80 Å². The van der Waals surface area contributed by atoms with Crippen LogP contribution in [0.5, 0.6) is 0 Å². The molecule has 0 spiro atoms. The predicted octanol–water partition coefficient (Wildman–Crippen LogP) is 14.8. The maximum Gasteiger partial charge on any atom is 0.137 e.